The minimum Gasteiger partial charge on any atom is -0.396 e. The van der Waals surface area contributed by atoms with Gasteiger partial charge in [0.05, 0.1) is 10.6 Å². The van der Waals surface area contributed by atoms with E-state index in [-0.39, 0.29) is 6.04 Å². The summed E-state index contributed by atoms with van der Waals surface area (Å²) >= 11 is 2.98. The van der Waals surface area contributed by atoms with Crippen molar-refractivity contribution in [2.75, 3.05) is 17.3 Å². The lowest BCUT2D eigenvalue weighted by Crippen LogP contribution is -2.05. The molecule has 98 valence electrons. The average Bonchev–Trinajstić information content (AvgIpc) is 2.75. The summed E-state index contributed by atoms with van der Waals surface area (Å²) in [5.74, 6) is 0. The van der Waals surface area contributed by atoms with Gasteiger partial charge in [0.25, 0.3) is 0 Å². The van der Waals surface area contributed by atoms with E-state index in [9.17, 15) is 0 Å². The molecule has 3 N–H and O–H groups in total. The van der Waals surface area contributed by atoms with Crippen LogP contribution in [0.5, 0.6) is 0 Å². The second-order valence-corrected chi connectivity index (χ2v) is 5.93. The first-order chi connectivity index (χ1) is 9.17. The highest BCUT2D eigenvalue weighted by atomic mass is 32.2. The van der Waals surface area contributed by atoms with E-state index in [2.05, 4.69) is 30.4 Å². The fourth-order valence-electron chi connectivity index (χ4n) is 1.83. The maximum atomic E-state index is 9.05. The van der Waals surface area contributed by atoms with Crippen molar-refractivity contribution in [2.24, 2.45) is 0 Å². The lowest BCUT2D eigenvalue weighted by Gasteiger charge is -2.15. The number of nitrogens with one attached hydrogen (secondary N) is 1. The number of hydrogen-bond acceptors (Lipinski definition) is 5. The van der Waals surface area contributed by atoms with Crippen LogP contribution in [0.3, 0.4) is 0 Å². The lowest BCUT2D eigenvalue weighted by molar-refractivity contribution is 0.885. The molecular formula is C14H15N3S2. The van der Waals surface area contributed by atoms with Crippen LogP contribution in [-0.2, 0) is 0 Å². The summed E-state index contributed by atoms with van der Waals surface area (Å²) in [6, 6.07) is 12.5. The molecule has 0 aliphatic rings. The average molecular weight is 289 g/mol. The molecule has 0 bridgehead atoms. The minimum absolute atomic E-state index is 0.177. The summed E-state index contributed by atoms with van der Waals surface area (Å²) in [5, 5.41) is 13.5. The molecule has 19 heavy (non-hydrogen) atoms. The third kappa shape index (κ3) is 2.86. The summed E-state index contributed by atoms with van der Waals surface area (Å²) in [5.41, 5.74) is 7.76. The minimum atomic E-state index is 0.177. The Hall–Kier alpha value is -1.64. The third-order valence-corrected chi connectivity index (χ3v) is 4.86. The topological polar surface area (TPSA) is 61.8 Å². The number of nitrogens with two attached hydrogens (primary N) is 1. The molecule has 0 fully saturated rings. The second kappa shape index (κ2) is 6.00. The highest BCUT2D eigenvalue weighted by Crippen LogP contribution is 2.42. The van der Waals surface area contributed by atoms with Crippen molar-refractivity contribution in [1.29, 1.82) is 5.26 Å². The number of thiophene rings is 1. The van der Waals surface area contributed by atoms with Gasteiger partial charge >= 0.3 is 0 Å². The van der Waals surface area contributed by atoms with Crippen molar-refractivity contribution < 1.29 is 0 Å². The monoisotopic (exact) mass is 289 g/mol. The van der Waals surface area contributed by atoms with Crippen molar-refractivity contribution in [1.82, 2.24) is 0 Å². The van der Waals surface area contributed by atoms with Gasteiger partial charge in [-0.1, -0.05) is 30.3 Å². The Bertz CT molecular complexity index is 599. The lowest BCUT2D eigenvalue weighted by atomic mass is 10.1. The Morgan fingerprint density at radius 3 is 2.63 bits per heavy atom. The van der Waals surface area contributed by atoms with Gasteiger partial charge in [-0.3, -0.25) is 0 Å². The number of rotatable bonds is 4. The van der Waals surface area contributed by atoms with E-state index in [0.717, 1.165) is 9.90 Å². The molecule has 5 heteroatoms. The molecule has 1 unspecified atom stereocenters. The summed E-state index contributed by atoms with van der Waals surface area (Å²) in [7, 11) is 0. The maximum absolute atomic E-state index is 9.05. The molecule has 1 aromatic carbocycles. The molecule has 0 aliphatic carbocycles. The molecule has 0 spiro atoms. The van der Waals surface area contributed by atoms with E-state index >= 15 is 0 Å². The first-order valence-corrected chi connectivity index (χ1v) is 7.89. The highest BCUT2D eigenvalue weighted by molar-refractivity contribution is 7.99. The van der Waals surface area contributed by atoms with Gasteiger partial charge in [-0.15, -0.1) is 23.1 Å². The zero-order valence-corrected chi connectivity index (χ0v) is 12.4. The van der Waals surface area contributed by atoms with Gasteiger partial charge in [0.1, 0.15) is 15.9 Å². The Kier molecular flexibility index (Phi) is 4.35. The van der Waals surface area contributed by atoms with E-state index in [0.29, 0.717) is 10.6 Å². The fraction of sp³-hybridized carbons (Fsp3) is 0.214. The van der Waals surface area contributed by atoms with Crippen LogP contribution in [0.4, 0.5) is 10.7 Å². The second-order valence-electron chi connectivity index (χ2n) is 4.10. The summed E-state index contributed by atoms with van der Waals surface area (Å²) in [4.78, 5) is 1.54. The van der Waals surface area contributed by atoms with Crippen LogP contribution in [0.15, 0.2) is 35.2 Å². The molecule has 0 amide bonds. The maximum Gasteiger partial charge on any atom is 0.131 e. The van der Waals surface area contributed by atoms with Gasteiger partial charge in [0.2, 0.25) is 0 Å². The number of nitriles is 1. The zero-order valence-electron chi connectivity index (χ0n) is 10.8. The number of anilines is 2. The predicted molar refractivity (Wildman–Crippen MR) is 83.7 cm³/mol. The van der Waals surface area contributed by atoms with Gasteiger partial charge < -0.3 is 11.1 Å². The molecule has 0 saturated carbocycles. The van der Waals surface area contributed by atoms with Gasteiger partial charge in [-0.05, 0) is 18.7 Å². The quantitative estimate of drug-likeness (QED) is 0.832. The van der Waals surface area contributed by atoms with Gasteiger partial charge in [-0.25, -0.2) is 0 Å². The number of nitrogen functional groups attached to an aromatic ring is 1. The van der Waals surface area contributed by atoms with Crippen molar-refractivity contribution in [3.8, 4) is 6.07 Å². The van der Waals surface area contributed by atoms with Gasteiger partial charge in [0.15, 0.2) is 0 Å². The molecule has 1 atom stereocenters. The Morgan fingerprint density at radius 1 is 1.37 bits per heavy atom. The van der Waals surface area contributed by atoms with E-state index in [1.165, 1.54) is 16.9 Å². The molecule has 0 radical (unpaired) electrons. The smallest absolute Gasteiger partial charge is 0.131 e. The summed E-state index contributed by atoms with van der Waals surface area (Å²) < 4.78 is 0. The molecule has 1 heterocycles. The van der Waals surface area contributed by atoms with E-state index < -0.39 is 0 Å². The first kappa shape index (κ1) is 13.8. The summed E-state index contributed by atoms with van der Waals surface area (Å²) in [6.45, 7) is 2.10. The van der Waals surface area contributed by atoms with Crippen LogP contribution in [0.1, 0.15) is 23.4 Å². The van der Waals surface area contributed by atoms with Crippen LogP contribution in [-0.4, -0.2) is 6.26 Å². The number of nitrogens with zero attached hydrogens (tertiary/aromatic N) is 1. The standard InChI is InChI=1S/C14H15N3S2/c1-9(10-6-4-3-5-7-10)17-14-13(18-2)12(16)11(8-15)19-14/h3-7,9,17H,16H2,1-2H3. The Balaban J connectivity index is 2.27. The Labute approximate surface area is 121 Å². The van der Waals surface area contributed by atoms with Crippen molar-refractivity contribution in [2.45, 2.75) is 17.9 Å². The van der Waals surface area contributed by atoms with Crippen molar-refractivity contribution in [3.63, 3.8) is 0 Å². The van der Waals surface area contributed by atoms with Crippen LogP contribution >= 0.6 is 23.1 Å². The number of thioether (sulfide) groups is 1. The van der Waals surface area contributed by atoms with Crippen LogP contribution < -0.4 is 11.1 Å². The van der Waals surface area contributed by atoms with Crippen LogP contribution in [0.2, 0.25) is 0 Å². The normalized spacial score (nSPS) is 11.8. The molecule has 1 aromatic heterocycles. The molecule has 0 saturated heterocycles. The summed E-state index contributed by atoms with van der Waals surface area (Å²) in [6.07, 6.45) is 1.97. The fourth-order valence-corrected chi connectivity index (χ4v) is 3.74. The molecular weight excluding hydrogens is 274 g/mol. The van der Waals surface area contributed by atoms with Gasteiger partial charge in [0, 0.05) is 6.04 Å². The zero-order chi connectivity index (χ0) is 13.8. The van der Waals surface area contributed by atoms with Crippen molar-refractivity contribution >= 4 is 33.8 Å². The van der Waals surface area contributed by atoms with Crippen LogP contribution in [0, 0.1) is 11.3 Å². The largest absolute Gasteiger partial charge is 0.396 e. The highest BCUT2D eigenvalue weighted by Gasteiger charge is 2.17. The molecule has 2 rings (SSSR count). The third-order valence-electron chi connectivity index (χ3n) is 2.85. The van der Waals surface area contributed by atoms with Crippen molar-refractivity contribution in [3.05, 3.63) is 40.8 Å². The van der Waals surface area contributed by atoms with Crippen LogP contribution in [0.25, 0.3) is 0 Å². The number of hydrogen-bond donors (Lipinski definition) is 2. The Morgan fingerprint density at radius 2 is 2.05 bits per heavy atom. The number of benzene rings is 1. The first-order valence-electron chi connectivity index (χ1n) is 5.85. The molecule has 2 aromatic rings. The van der Waals surface area contributed by atoms with E-state index in [1.807, 2.05) is 24.5 Å². The SMILES string of the molecule is CSc1c(NC(C)c2ccccc2)sc(C#N)c1N. The van der Waals surface area contributed by atoms with Gasteiger partial charge in [-0.2, -0.15) is 5.26 Å². The predicted octanol–water partition coefficient (Wildman–Crippen LogP) is 4.10. The molecule has 0 aliphatic heterocycles. The molecule has 3 nitrogen and oxygen atoms in total. The van der Waals surface area contributed by atoms with E-state index in [1.54, 1.807) is 11.8 Å². The van der Waals surface area contributed by atoms with E-state index in [4.69, 9.17) is 11.0 Å².